The van der Waals surface area contributed by atoms with E-state index in [0.29, 0.717) is 18.6 Å². The van der Waals surface area contributed by atoms with Crippen molar-refractivity contribution in [3.8, 4) is 0 Å². The Morgan fingerprint density at radius 1 is 1.73 bits per heavy atom. The van der Waals surface area contributed by atoms with Crippen LogP contribution in [-0.2, 0) is 14.3 Å². The smallest absolute Gasteiger partial charge is 0.333 e. The average molecular weight is 154 g/mol. The van der Waals surface area contributed by atoms with Crippen molar-refractivity contribution in [1.82, 2.24) is 0 Å². The minimum atomic E-state index is -0.272. The molecule has 3 nitrogen and oxygen atoms in total. The van der Waals surface area contributed by atoms with Gasteiger partial charge in [0.05, 0.1) is 6.61 Å². The molecule has 2 fully saturated rings. The fourth-order valence-corrected chi connectivity index (χ4v) is 1.20. The van der Waals surface area contributed by atoms with Gasteiger partial charge in [-0.25, -0.2) is 4.79 Å². The lowest BCUT2D eigenvalue weighted by Crippen LogP contribution is -2.25. The molecule has 0 N–H and O–H groups in total. The van der Waals surface area contributed by atoms with Gasteiger partial charge in [-0.15, -0.1) is 0 Å². The molecule has 0 aromatic carbocycles. The van der Waals surface area contributed by atoms with Crippen LogP contribution >= 0.6 is 0 Å². The number of hydrogen-bond acceptors (Lipinski definition) is 3. The lowest BCUT2D eigenvalue weighted by Gasteiger charge is -2.11. The Bertz CT molecular complexity index is 211. The first-order valence-corrected chi connectivity index (χ1v) is 3.64. The first-order chi connectivity index (χ1) is 5.12. The van der Waals surface area contributed by atoms with Gasteiger partial charge in [-0.3, -0.25) is 0 Å². The second-order valence-corrected chi connectivity index (χ2v) is 3.30. The van der Waals surface area contributed by atoms with Crippen LogP contribution in [0.3, 0.4) is 0 Å². The number of carbonyl (C=O) groups excluding carboxylic acids is 1. The summed E-state index contributed by atoms with van der Waals surface area (Å²) in [5.41, 5.74) is 0.349. The number of rotatable bonds is 1. The predicted octanol–water partition coefficient (Wildman–Crippen LogP) is 0.647. The molecule has 60 valence electrons. The van der Waals surface area contributed by atoms with Gasteiger partial charge < -0.3 is 9.47 Å². The van der Waals surface area contributed by atoms with Crippen LogP contribution in [0.25, 0.3) is 0 Å². The molecular weight excluding hydrogens is 144 g/mol. The molecule has 0 spiro atoms. The van der Waals surface area contributed by atoms with E-state index in [1.807, 2.05) is 6.92 Å². The Balaban J connectivity index is 2.09. The normalized spacial score (nSPS) is 42.5. The topological polar surface area (TPSA) is 38.8 Å². The summed E-state index contributed by atoms with van der Waals surface area (Å²) in [7, 11) is 0. The van der Waals surface area contributed by atoms with E-state index in [4.69, 9.17) is 9.47 Å². The predicted molar refractivity (Wildman–Crippen MR) is 38.0 cm³/mol. The molecule has 0 bridgehead atoms. The highest BCUT2D eigenvalue weighted by Crippen LogP contribution is 2.38. The van der Waals surface area contributed by atoms with Gasteiger partial charge in [-0.05, 0) is 6.92 Å². The number of carbonyl (C=O) groups is 1. The third-order valence-corrected chi connectivity index (χ3v) is 2.25. The van der Waals surface area contributed by atoms with Crippen LogP contribution in [0.5, 0.6) is 0 Å². The summed E-state index contributed by atoms with van der Waals surface area (Å²) in [6.45, 7) is 6.24. The van der Waals surface area contributed by atoms with Crippen molar-refractivity contribution >= 4 is 5.97 Å². The first-order valence-electron chi connectivity index (χ1n) is 3.64. The van der Waals surface area contributed by atoms with Crippen molar-refractivity contribution in [3.05, 3.63) is 12.2 Å². The van der Waals surface area contributed by atoms with Crippen LogP contribution < -0.4 is 0 Å². The Morgan fingerprint density at radius 3 is 2.73 bits per heavy atom. The van der Waals surface area contributed by atoms with Crippen LogP contribution in [0.15, 0.2) is 12.2 Å². The van der Waals surface area contributed by atoms with Crippen molar-refractivity contribution in [2.75, 3.05) is 6.61 Å². The molecule has 0 aromatic heterocycles. The van der Waals surface area contributed by atoms with Crippen LogP contribution in [0.2, 0.25) is 0 Å². The molecule has 0 aliphatic carbocycles. The van der Waals surface area contributed by atoms with E-state index in [1.165, 1.54) is 0 Å². The van der Waals surface area contributed by atoms with E-state index >= 15 is 0 Å². The van der Waals surface area contributed by atoms with E-state index in [-0.39, 0.29) is 17.7 Å². The molecule has 2 rings (SSSR count). The number of ether oxygens (including phenoxy) is 2. The zero-order chi connectivity index (χ0) is 8.06. The lowest BCUT2D eigenvalue weighted by atomic mass is 10.0. The van der Waals surface area contributed by atoms with E-state index in [2.05, 4.69) is 6.58 Å². The average Bonchev–Trinajstić information content (AvgIpc) is 2.59. The summed E-state index contributed by atoms with van der Waals surface area (Å²) >= 11 is 0. The second-order valence-electron chi connectivity index (χ2n) is 3.30. The van der Waals surface area contributed by atoms with Gasteiger partial charge in [0.15, 0.2) is 0 Å². The number of epoxide rings is 1. The zero-order valence-corrected chi connectivity index (χ0v) is 6.42. The standard InChI is InChI=1S/C8H10O3/c1-5-3-6(11-7(5)9)8(2)4-10-8/h6H,1,3-4H2,2H3. The summed E-state index contributed by atoms with van der Waals surface area (Å²) < 4.78 is 10.2. The molecule has 11 heavy (non-hydrogen) atoms. The molecule has 0 amide bonds. The Kier molecular flexibility index (Phi) is 1.16. The van der Waals surface area contributed by atoms with Crippen molar-refractivity contribution in [2.45, 2.75) is 25.0 Å². The fraction of sp³-hybridized carbons (Fsp3) is 0.625. The molecule has 3 heteroatoms. The van der Waals surface area contributed by atoms with Gasteiger partial charge in [0.25, 0.3) is 0 Å². The van der Waals surface area contributed by atoms with Crippen LogP contribution in [0.4, 0.5) is 0 Å². The maximum absolute atomic E-state index is 10.9. The monoisotopic (exact) mass is 154 g/mol. The quantitative estimate of drug-likeness (QED) is 0.316. The van der Waals surface area contributed by atoms with Crippen LogP contribution in [0, 0.1) is 0 Å². The van der Waals surface area contributed by atoms with Crippen LogP contribution in [-0.4, -0.2) is 24.3 Å². The van der Waals surface area contributed by atoms with Gasteiger partial charge >= 0.3 is 5.97 Å². The Morgan fingerprint density at radius 2 is 2.36 bits per heavy atom. The highest BCUT2D eigenvalue weighted by atomic mass is 16.6. The highest BCUT2D eigenvalue weighted by molar-refractivity contribution is 5.90. The Hall–Kier alpha value is -0.830. The molecule has 2 heterocycles. The molecule has 0 aromatic rings. The van der Waals surface area contributed by atoms with Crippen LogP contribution in [0.1, 0.15) is 13.3 Å². The van der Waals surface area contributed by atoms with E-state index < -0.39 is 0 Å². The molecule has 2 atom stereocenters. The van der Waals surface area contributed by atoms with E-state index in [1.54, 1.807) is 0 Å². The van der Waals surface area contributed by atoms with E-state index in [0.717, 1.165) is 0 Å². The highest BCUT2D eigenvalue weighted by Gasteiger charge is 2.52. The zero-order valence-electron chi connectivity index (χ0n) is 6.42. The molecule has 2 aliphatic rings. The third kappa shape index (κ3) is 0.959. The molecule has 2 unspecified atom stereocenters. The summed E-state index contributed by atoms with van der Waals surface area (Å²) in [5.74, 6) is -0.272. The first kappa shape index (κ1) is 6.85. The number of esters is 1. The van der Waals surface area contributed by atoms with Crippen molar-refractivity contribution in [2.24, 2.45) is 0 Å². The van der Waals surface area contributed by atoms with Gasteiger partial charge in [0, 0.05) is 12.0 Å². The molecule has 0 radical (unpaired) electrons. The second kappa shape index (κ2) is 1.85. The Labute approximate surface area is 65.0 Å². The van der Waals surface area contributed by atoms with E-state index in [9.17, 15) is 4.79 Å². The van der Waals surface area contributed by atoms with Gasteiger partial charge in [0.1, 0.15) is 11.7 Å². The molecular formula is C8H10O3. The SMILES string of the molecule is C=C1CC(C2(C)CO2)OC1=O. The van der Waals surface area contributed by atoms with Gasteiger partial charge in [-0.1, -0.05) is 6.58 Å². The summed E-state index contributed by atoms with van der Waals surface area (Å²) in [6.07, 6.45) is 0.525. The van der Waals surface area contributed by atoms with Crippen molar-refractivity contribution in [3.63, 3.8) is 0 Å². The lowest BCUT2D eigenvalue weighted by molar-refractivity contribution is -0.141. The molecule has 0 saturated carbocycles. The summed E-state index contributed by atoms with van der Waals surface area (Å²) in [4.78, 5) is 10.9. The fourth-order valence-electron chi connectivity index (χ4n) is 1.20. The minimum Gasteiger partial charge on any atom is -0.456 e. The minimum absolute atomic E-state index is 0.0949. The summed E-state index contributed by atoms with van der Waals surface area (Å²) in [6, 6.07) is 0. The number of cyclic esters (lactones) is 1. The third-order valence-electron chi connectivity index (χ3n) is 2.25. The molecule has 2 saturated heterocycles. The largest absolute Gasteiger partial charge is 0.456 e. The maximum Gasteiger partial charge on any atom is 0.333 e. The van der Waals surface area contributed by atoms with Gasteiger partial charge in [0.2, 0.25) is 0 Å². The van der Waals surface area contributed by atoms with Crippen molar-refractivity contribution in [1.29, 1.82) is 0 Å². The number of hydrogen-bond donors (Lipinski definition) is 0. The maximum atomic E-state index is 10.9. The molecule has 2 aliphatic heterocycles. The van der Waals surface area contributed by atoms with Gasteiger partial charge in [-0.2, -0.15) is 0 Å². The van der Waals surface area contributed by atoms with Crippen molar-refractivity contribution < 1.29 is 14.3 Å². The summed E-state index contributed by atoms with van der Waals surface area (Å²) in [5, 5.41) is 0.